The first kappa shape index (κ1) is 17.6. The third-order valence-electron chi connectivity index (χ3n) is 3.08. The lowest BCUT2D eigenvalue weighted by molar-refractivity contribution is -0.115. The van der Waals surface area contributed by atoms with E-state index in [-0.39, 0.29) is 11.7 Å². The van der Waals surface area contributed by atoms with Crippen LogP contribution in [0.4, 0.5) is 10.1 Å². The van der Waals surface area contributed by atoms with Gasteiger partial charge in [-0.25, -0.2) is 4.39 Å². The number of methoxy groups -OCH3 is 1. The summed E-state index contributed by atoms with van der Waals surface area (Å²) in [6, 6.07) is 11.3. The van der Waals surface area contributed by atoms with Crippen molar-refractivity contribution < 1.29 is 13.9 Å². The van der Waals surface area contributed by atoms with Crippen LogP contribution in [0.5, 0.6) is 5.75 Å². The molecule has 0 saturated heterocycles. The summed E-state index contributed by atoms with van der Waals surface area (Å²) < 4.78 is 18.3. The molecule has 0 atom stereocenters. The standard InChI is InChI=1S/C17H17ClFNO2S/c1-22-16-6-5-13(18)9-12(16)11-23-8-7-17(21)20-15-4-2-3-14(19)10-15/h2-6,9-10H,7-8,11H2,1H3,(H,20,21). The predicted molar refractivity (Wildman–Crippen MR) is 93.8 cm³/mol. The number of benzene rings is 2. The van der Waals surface area contributed by atoms with Gasteiger partial charge in [-0.05, 0) is 36.4 Å². The Morgan fingerprint density at radius 2 is 2.13 bits per heavy atom. The average molecular weight is 354 g/mol. The highest BCUT2D eigenvalue weighted by Crippen LogP contribution is 2.26. The van der Waals surface area contributed by atoms with E-state index in [0.29, 0.717) is 28.6 Å². The second-order valence-corrected chi connectivity index (χ2v) is 6.36. The molecule has 0 heterocycles. The summed E-state index contributed by atoms with van der Waals surface area (Å²) in [7, 11) is 1.61. The van der Waals surface area contributed by atoms with Gasteiger partial charge in [0, 0.05) is 34.2 Å². The second-order valence-electron chi connectivity index (χ2n) is 4.82. The number of carbonyl (C=O) groups excluding carboxylic acids is 1. The van der Waals surface area contributed by atoms with Gasteiger partial charge in [0.05, 0.1) is 7.11 Å². The Hall–Kier alpha value is -1.72. The highest BCUT2D eigenvalue weighted by atomic mass is 35.5. The van der Waals surface area contributed by atoms with Crippen molar-refractivity contribution in [1.29, 1.82) is 0 Å². The van der Waals surface area contributed by atoms with Crippen LogP contribution in [0.2, 0.25) is 5.02 Å². The molecule has 23 heavy (non-hydrogen) atoms. The number of halogens is 2. The van der Waals surface area contributed by atoms with Crippen molar-refractivity contribution in [3.05, 3.63) is 58.9 Å². The number of carbonyl (C=O) groups is 1. The van der Waals surface area contributed by atoms with E-state index >= 15 is 0 Å². The number of thioether (sulfide) groups is 1. The maximum atomic E-state index is 13.0. The molecule has 2 aromatic rings. The zero-order valence-corrected chi connectivity index (χ0v) is 14.2. The van der Waals surface area contributed by atoms with Crippen molar-refractivity contribution in [2.75, 3.05) is 18.2 Å². The molecule has 0 spiro atoms. The summed E-state index contributed by atoms with van der Waals surface area (Å²) in [6.07, 6.45) is 0.351. The molecule has 0 aliphatic rings. The van der Waals surface area contributed by atoms with Crippen LogP contribution in [0.15, 0.2) is 42.5 Å². The van der Waals surface area contributed by atoms with Crippen molar-refractivity contribution in [1.82, 2.24) is 0 Å². The molecular weight excluding hydrogens is 337 g/mol. The molecule has 0 saturated carbocycles. The molecule has 2 aromatic carbocycles. The normalized spacial score (nSPS) is 10.4. The summed E-state index contributed by atoms with van der Waals surface area (Å²) >= 11 is 7.59. The van der Waals surface area contributed by atoms with Crippen LogP contribution in [0.3, 0.4) is 0 Å². The molecule has 0 aliphatic heterocycles. The molecule has 0 aromatic heterocycles. The summed E-state index contributed by atoms with van der Waals surface area (Å²) in [5.41, 5.74) is 1.46. The Morgan fingerprint density at radius 3 is 2.87 bits per heavy atom. The van der Waals surface area contributed by atoms with Gasteiger partial charge in [0.1, 0.15) is 11.6 Å². The predicted octanol–water partition coefficient (Wildman–Crippen LogP) is 4.75. The van der Waals surface area contributed by atoms with Gasteiger partial charge in [-0.1, -0.05) is 17.7 Å². The number of ether oxygens (including phenoxy) is 1. The topological polar surface area (TPSA) is 38.3 Å². The molecule has 6 heteroatoms. The first-order chi connectivity index (χ1) is 11.1. The van der Waals surface area contributed by atoms with Crippen LogP contribution < -0.4 is 10.1 Å². The number of hydrogen-bond acceptors (Lipinski definition) is 3. The summed E-state index contributed by atoms with van der Waals surface area (Å²) in [6.45, 7) is 0. The van der Waals surface area contributed by atoms with Crippen LogP contribution in [-0.2, 0) is 10.5 Å². The Morgan fingerprint density at radius 1 is 1.30 bits per heavy atom. The summed E-state index contributed by atoms with van der Waals surface area (Å²) in [5, 5.41) is 3.33. The molecule has 0 radical (unpaired) electrons. The molecule has 122 valence electrons. The lowest BCUT2D eigenvalue weighted by Crippen LogP contribution is -2.12. The van der Waals surface area contributed by atoms with Gasteiger partial charge in [-0.15, -0.1) is 0 Å². The van der Waals surface area contributed by atoms with Gasteiger partial charge in [0.2, 0.25) is 5.91 Å². The minimum atomic E-state index is -0.370. The lowest BCUT2D eigenvalue weighted by Gasteiger charge is -2.09. The van der Waals surface area contributed by atoms with E-state index in [1.165, 1.54) is 12.1 Å². The van der Waals surface area contributed by atoms with Gasteiger partial charge >= 0.3 is 0 Å². The fraction of sp³-hybridized carbons (Fsp3) is 0.235. The van der Waals surface area contributed by atoms with Crippen molar-refractivity contribution in [2.45, 2.75) is 12.2 Å². The Bertz CT molecular complexity index is 681. The monoisotopic (exact) mass is 353 g/mol. The molecule has 1 amide bonds. The number of rotatable bonds is 7. The minimum absolute atomic E-state index is 0.138. The minimum Gasteiger partial charge on any atom is -0.496 e. The Labute approximate surface area is 144 Å². The van der Waals surface area contributed by atoms with E-state index < -0.39 is 0 Å². The van der Waals surface area contributed by atoms with Gasteiger partial charge in [0.15, 0.2) is 0 Å². The van der Waals surface area contributed by atoms with Crippen LogP contribution >= 0.6 is 23.4 Å². The van der Waals surface area contributed by atoms with Gasteiger partial charge in [-0.2, -0.15) is 11.8 Å². The number of amides is 1. The van der Waals surface area contributed by atoms with Crippen molar-refractivity contribution in [3.8, 4) is 5.75 Å². The zero-order valence-electron chi connectivity index (χ0n) is 12.6. The molecule has 3 nitrogen and oxygen atoms in total. The van der Waals surface area contributed by atoms with E-state index in [2.05, 4.69) is 5.32 Å². The lowest BCUT2D eigenvalue weighted by atomic mass is 10.2. The maximum Gasteiger partial charge on any atom is 0.225 e. The van der Waals surface area contributed by atoms with E-state index in [9.17, 15) is 9.18 Å². The maximum absolute atomic E-state index is 13.0. The van der Waals surface area contributed by atoms with Gasteiger partial charge < -0.3 is 10.1 Å². The number of hydrogen-bond donors (Lipinski definition) is 1. The smallest absolute Gasteiger partial charge is 0.225 e. The van der Waals surface area contributed by atoms with Gasteiger partial charge in [0.25, 0.3) is 0 Å². The van der Waals surface area contributed by atoms with Crippen LogP contribution in [0.1, 0.15) is 12.0 Å². The highest BCUT2D eigenvalue weighted by molar-refractivity contribution is 7.98. The number of anilines is 1. The first-order valence-electron chi connectivity index (χ1n) is 7.04. The van der Waals surface area contributed by atoms with Crippen LogP contribution in [-0.4, -0.2) is 18.8 Å². The molecule has 2 rings (SSSR count). The second kappa shape index (κ2) is 8.79. The van der Waals surface area contributed by atoms with Gasteiger partial charge in [-0.3, -0.25) is 4.79 Å². The van der Waals surface area contributed by atoms with Crippen molar-refractivity contribution in [2.24, 2.45) is 0 Å². The highest BCUT2D eigenvalue weighted by Gasteiger charge is 2.06. The Balaban J connectivity index is 1.77. The molecule has 0 fully saturated rings. The van der Waals surface area contributed by atoms with E-state index in [4.69, 9.17) is 16.3 Å². The van der Waals surface area contributed by atoms with Crippen molar-refractivity contribution in [3.63, 3.8) is 0 Å². The fourth-order valence-electron chi connectivity index (χ4n) is 2.00. The fourth-order valence-corrected chi connectivity index (χ4v) is 3.11. The third-order valence-corrected chi connectivity index (χ3v) is 4.32. The number of nitrogens with one attached hydrogen (secondary N) is 1. The third kappa shape index (κ3) is 5.77. The molecule has 0 aliphatic carbocycles. The summed E-state index contributed by atoms with van der Waals surface area (Å²) in [4.78, 5) is 11.8. The van der Waals surface area contributed by atoms with Crippen LogP contribution in [0.25, 0.3) is 0 Å². The summed E-state index contributed by atoms with van der Waals surface area (Å²) in [5.74, 6) is 1.63. The van der Waals surface area contributed by atoms with Crippen molar-refractivity contribution >= 4 is 35.0 Å². The van der Waals surface area contributed by atoms with E-state index in [1.54, 1.807) is 37.1 Å². The average Bonchev–Trinajstić information content (AvgIpc) is 2.52. The zero-order chi connectivity index (χ0) is 16.7. The molecular formula is C17H17ClFNO2S. The van der Waals surface area contributed by atoms with E-state index in [0.717, 1.165) is 11.3 Å². The largest absolute Gasteiger partial charge is 0.496 e. The Kier molecular flexibility index (Phi) is 6.74. The SMILES string of the molecule is COc1ccc(Cl)cc1CSCCC(=O)Nc1cccc(F)c1. The molecule has 1 N–H and O–H groups in total. The van der Waals surface area contributed by atoms with Crippen LogP contribution in [0, 0.1) is 5.82 Å². The molecule has 0 bridgehead atoms. The van der Waals surface area contributed by atoms with E-state index in [1.807, 2.05) is 12.1 Å². The molecule has 0 unspecified atom stereocenters. The quantitative estimate of drug-likeness (QED) is 0.730. The first-order valence-corrected chi connectivity index (χ1v) is 8.57.